The molecule has 6 heteroatoms. The first-order valence-corrected chi connectivity index (χ1v) is 9.58. The molecule has 0 aliphatic carbocycles. The summed E-state index contributed by atoms with van der Waals surface area (Å²) in [7, 11) is 1.34. The molecule has 6 nitrogen and oxygen atoms in total. The summed E-state index contributed by atoms with van der Waals surface area (Å²) in [5, 5.41) is 5.56. The minimum absolute atomic E-state index is 0.0330. The van der Waals surface area contributed by atoms with Gasteiger partial charge in [-0.2, -0.15) is 0 Å². The molecule has 1 atom stereocenters. The second-order valence-electron chi connectivity index (χ2n) is 7.29. The van der Waals surface area contributed by atoms with Gasteiger partial charge in [0.2, 0.25) is 0 Å². The van der Waals surface area contributed by atoms with Gasteiger partial charge in [-0.15, -0.1) is 0 Å². The number of rotatable bonds is 6. The van der Waals surface area contributed by atoms with Crippen molar-refractivity contribution in [2.45, 2.75) is 33.4 Å². The molecular formula is C23H26N2O4. The summed E-state index contributed by atoms with van der Waals surface area (Å²) in [6.07, 6.45) is 0. The molecule has 29 heavy (non-hydrogen) atoms. The Kier molecular flexibility index (Phi) is 6.22. The van der Waals surface area contributed by atoms with Crippen molar-refractivity contribution in [3.63, 3.8) is 0 Å². The highest BCUT2D eigenvalue weighted by molar-refractivity contribution is 5.95. The number of aryl methyl sites for hydroxylation is 1. The number of carbonyl (C=O) groups excluding carboxylic acids is 2. The maximum atomic E-state index is 12.4. The molecule has 2 aromatic rings. The smallest absolute Gasteiger partial charge is 0.337 e. The minimum atomic E-state index is -0.584. The van der Waals surface area contributed by atoms with Crippen molar-refractivity contribution < 1.29 is 19.1 Å². The highest BCUT2D eigenvalue weighted by atomic mass is 16.5. The summed E-state index contributed by atoms with van der Waals surface area (Å²) in [5.74, 6) is 0.213. The predicted molar refractivity (Wildman–Crippen MR) is 110 cm³/mol. The monoisotopic (exact) mass is 394 g/mol. The van der Waals surface area contributed by atoms with Gasteiger partial charge in [-0.25, -0.2) is 9.59 Å². The van der Waals surface area contributed by atoms with Crippen LogP contribution in [0.3, 0.4) is 0 Å². The number of carbonyl (C=O) groups is 2. The molecule has 2 aromatic carbocycles. The molecule has 0 fully saturated rings. The molecule has 0 radical (unpaired) electrons. The van der Waals surface area contributed by atoms with Crippen LogP contribution >= 0.6 is 0 Å². The fourth-order valence-corrected chi connectivity index (χ4v) is 3.32. The Morgan fingerprint density at radius 1 is 1.10 bits per heavy atom. The van der Waals surface area contributed by atoms with E-state index in [1.54, 1.807) is 0 Å². The van der Waals surface area contributed by atoms with Gasteiger partial charge in [-0.3, -0.25) is 0 Å². The lowest BCUT2D eigenvalue weighted by Crippen LogP contribution is -2.47. The zero-order valence-corrected chi connectivity index (χ0v) is 17.1. The SMILES string of the molecule is COC(=O)C1=C(C(C)C)NC(=O)NC1c1ccc(OCc2ccccc2C)cc1. The van der Waals surface area contributed by atoms with Gasteiger partial charge in [0.25, 0.3) is 0 Å². The Morgan fingerprint density at radius 2 is 1.79 bits per heavy atom. The number of urea groups is 1. The van der Waals surface area contributed by atoms with E-state index in [1.165, 1.54) is 12.7 Å². The van der Waals surface area contributed by atoms with Gasteiger partial charge in [-0.05, 0) is 41.7 Å². The van der Waals surface area contributed by atoms with Crippen LogP contribution in [0.2, 0.25) is 0 Å². The molecule has 3 rings (SSSR count). The van der Waals surface area contributed by atoms with E-state index in [9.17, 15) is 9.59 Å². The number of hydrogen-bond acceptors (Lipinski definition) is 4. The predicted octanol–water partition coefficient (Wildman–Crippen LogP) is 4.01. The summed E-state index contributed by atoms with van der Waals surface area (Å²) in [6, 6.07) is 14.5. The molecule has 1 aliphatic heterocycles. The first-order valence-electron chi connectivity index (χ1n) is 9.58. The van der Waals surface area contributed by atoms with Crippen LogP contribution in [0.25, 0.3) is 0 Å². The summed E-state index contributed by atoms with van der Waals surface area (Å²) in [4.78, 5) is 24.6. The maximum Gasteiger partial charge on any atom is 0.337 e. The van der Waals surface area contributed by atoms with Crippen molar-refractivity contribution in [3.05, 3.63) is 76.5 Å². The molecule has 1 unspecified atom stereocenters. The lowest BCUT2D eigenvalue weighted by atomic mass is 9.91. The second-order valence-corrected chi connectivity index (χ2v) is 7.29. The van der Waals surface area contributed by atoms with Crippen molar-refractivity contribution in [3.8, 4) is 5.75 Å². The molecule has 0 aromatic heterocycles. The van der Waals surface area contributed by atoms with Crippen LogP contribution in [0.15, 0.2) is 59.8 Å². The molecule has 152 valence electrons. The number of ether oxygens (including phenoxy) is 2. The van der Waals surface area contributed by atoms with E-state index in [0.29, 0.717) is 23.6 Å². The summed E-state index contributed by atoms with van der Waals surface area (Å²) >= 11 is 0. The number of methoxy groups -OCH3 is 1. The zero-order valence-electron chi connectivity index (χ0n) is 17.1. The Hall–Kier alpha value is -3.28. The van der Waals surface area contributed by atoms with Gasteiger partial charge in [0, 0.05) is 5.70 Å². The first-order chi connectivity index (χ1) is 13.9. The van der Waals surface area contributed by atoms with E-state index < -0.39 is 12.0 Å². The molecule has 0 saturated carbocycles. The molecule has 1 aliphatic rings. The first kappa shape index (κ1) is 20.5. The minimum Gasteiger partial charge on any atom is -0.489 e. The summed E-state index contributed by atoms with van der Waals surface area (Å²) in [5.41, 5.74) is 4.07. The Morgan fingerprint density at radius 3 is 2.41 bits per heavy atom. The van der Waals surface area contributed by atoms with Crippen LogP contribution in [-0.4, -0.2) is 19.1 Å². The van der Waals surface area contributed by atoms with E-state index in [0.717, 1.165) is 11.1 Å². The van der Waals surface area contributed by atoms with Gasteiger partial charge < -0.3 is 20.1 Å². The third kappa shape index (κ3) is 4.59. The number of allylic oxidation sites excluding steroid dienone is 1. The quantitative estimate of drug-likeness (QED) is 0.726. The topological polar surface area (TPSA) is 76.7 Å². The summed E-state index contributed by atoms with van der Waals surface area (Å²) in [6.45, 7) is 6.36. The molecule has 2 N–H and O–H groups in total. The lowest BCUT2D eigenvalue weighted by Gasteiger charge is -2.30. The van der Waals surface area contributed by atoms with Crippen molar-refractivity contribution >= 4 is 12.0 Å². The fraction of sp³-hybridized carbons (Fsp3) is 0.304. The largest absolute Gasteiger partial charge is 0.489 e. The van der Waals surface area contributed by atoms with E-state index in [1.807, 2.05) is 56.3 Å². The normalized spacial score (nSPS) is 16.3. The van der Waals surface area contributed by atoms with Crippen LogP contribution in [0, 0.1) is 12.8 Å². The number of nitrogens with one attached hydrogen (secondary N) is 2. The second kappa shape index (κ2) is 8.82. The molecule has 0 saturated heterocycles. The number of amides is 2. The van der Waals surface area contributed by atoms with Gasteiger partial charge in [0.15, 0.2) is 0 Å². The Labute approximate surface area is 170 Å². The molecule has 0 bridgehead atoms. The van der Waals surface area contributed by atoms with Gasteiger partial charge >= 0.3 is 12.0 Å². The average Bonchev–Trinajstić information content (AvgIpc) is 2.72. The van der Waals surface area contributed by atoms with E-state index in [2.05, 4.69) is 23.6 Å². The molecular weight excluding hydrogens is 368 g/mol. The molecule has 1 heterocycles. The number of benzene rings is 2. The van der Waals surface area contributed by atoms with Crippen molar-refractivity contribution in [1.82, 2.24) is 10.6 Å². The standard InChI is InChI=1S/C23H26N2O4/c1-14(2)20-19(22(26)28-4)21(25-23(27)24-20)16-9-11-18(12-10-16)29-13-17-8-6-5-7-15(17)3/h5-12,14,21H,13H2,1-4H3,(H2,24,25,27). The van der Waals surface area contributed by atoms with Crippen LogP contribution < -0.4 is 15.4 Å². The maximum absolute atomic E-state index is 12.4. The number of esters is 1. The van der Waals surface area contributed by atoms with Gasteiger partial charge in [0.1, 0.15) is 12.4 Å². The summed E-state index contributed by atoms with van der Waals surface area (Å²) < 4.78 is 10.9. The molecule has 2 amide bonds. The van der Waals surface area contributed by atoms with Crippen molar-refractivity contribution in [1.29, 1.82) is 0 Å². The third-order valence-electron chi connectivity index (χ3n) is 4.95. The number of hydrogen-bond donors (Lipinski definition) is 2. The highest BCUT2D eigenvalue weighted by Gasteiger charge is 2.34. The van der Waals surface area contributed by atoms with Crippen LogP contribution in [0.5, 0.6) is 5.75 Å². The molecule has 0 spiro atoms. The Balaban J connectivity index is 1.83. The van der Waals surface area contributed by atoms with Gasteiger partial charge in [0.05, 0.1) is 18.7 Å². The van der Waals surface area contributed by atoms with Crippen LogP contribution in [0.4, 0.5) is 4.79 Å². The fourth-order valence-electron chi connectivity index (χ4n) is 3.32. The lowest BCUT2D eigenvalue weighted by molar-refractivity contribution is -0.136. The van der Waals surface area contributed by atoms with Crippen LogP contribution in [-0.2, 0) is 16.1 Å². The van der Waals surface area contributed by atoms with Crippen LogP contribution in [0.1, 0.15) is 36.6 Å². The third-order valence-corrected chi connectivity index (χ3v) is 4.95. The van der Waals surface area contributed by atoms with E-state index in [-0.39, 0.29) is 11.9 Å². The Bertz CT molecular complexity index is 932. The van der Waals surface area contributed by atoms with E-state index in [4.69, 9.17) is 9.47 Å². The van der Waals surface area contributed by atoms with Gasteiger partial charge in [-0.1, -0.05) is 50.2 Å². The average molecular weight is 394 g/mol. The van der Waals surface area contributed by atoms with Crippen molar-refractivity contribution in [2.75, 3.05) is 7.11 Å². The van der Waals surface area contributed by atoms with Crippen molar-refractivity contribution in [2.24, 2.45) is 5.92 Å². The zero-order chi connectivity index (χ0) is 21.0. The van der Waals surface area contributed by atoms with E-state index >= 15 is 0 Å². The highest BCUT2D eigenvalue weighted by Crippen LogP contribution is 2.31.